The fraction of sp³-hybridized carbons (Fsp3) is 0.208. The Morgan fingerprint density at radius 1 is 1.09 bits per heavy atom. The highest BCUT2D eigenvalue weighted by molar-refractivity contribution is 7.99. The number of nitrogens with zero attached hydrogens (tertiary/aromatic N) is 3. The number of methoxy groups -OCH3 is 1. The van der Waals surface area contributed by atoms with Crippen molar-refractivity contribution in [2.75, 3.05) is 18.2 Å². The quantitative estimate of drug-likeness (QED) is 0.306. The van der Waals surface area contributed by atoms with Crippen LogP contribution in [0.2, 0.25) is 0 Å². The van der Waals surface area contributed by atoms with E-state index in [-0.39, 0.29) is 18.1 Å². The lowest BCUT2D eigenvalue weighted by Gasteiger charge is -2.12. The number of rotatable bonds is 9. The fourth-order valence-electron chi connectivity index (χ4n) is 3.45. The van der Waals surface area contributed by atoms with Gasteiger partial charge in [0.05, 0.1) is 18.6 Å². The lowest BCUT2D eigenvalue weighted by Crippen LogP contribution is -2.23. The van der Waals surface area contributed by atoms with Crippen LogP contribution in [-0.4, -0.2) is 43.5 Å². The second kappa shape index (κ2) is 10.9. The van der Waals surface area contributed by atoms with Crippen LogP contribution in [0.25, 0.3) is 5.69 Å². The molecule has 11 heteroatoms. The van der Waals surface area contributed by atoms with Crippen molar-refractivity contribution in [2.24, 2.45) is 0 Å². The molecule has 4 aromatic rings. The summed E-state index contributed by atoms with van der Waals surface area (Å²) in [5, 5.41) is 11.9. The molecule has 2 aromatic carbocycles. The Hall–Kier alpha value is -4.12. The number of carbonyl (C=O) groups excluding carboxylic acids is 1. The molecular weight excluding hydrogens is 468 g/mol. The Morgan fingerprint density at radius 3 is 2.60 bits per heavy atom. The molecule has 0 saturated carbocycles. The number of carbonyl (C=O) groups is 1. The highest BCUT2D eigenvalue weighted by atomic mass is 32.2. The fourth-order valence-corrected chi connectivity index (χ4v) is 4.22. The molecule has 2 aromatic heterocycles. The van der Waals surface area contributed by atoms with Crippen molar-refractivity contribution < 1.29 is 9.53 Å². The SMILES string of the molecule is CCc1ccc(NC(=O)CSc2nnc(Cc3cc(=O)[nH]c(=O)[nH]3)n2-c2cccc(OC)c2)cc1. The van der Waals surface area contributed by atoms with Crippen molar-refractivity contribution in [3.8, 4) is 11.4 Å². The van der Waals surface area contributed by atoms with Crippen molar-refractivity contribution >= 4 is 23.4 Å². The monoisotopic (exact) mass is 492 g/mol. The molecule has 4 rings (SSSR count). The van der Waals surface area contributed by atoms with Crippen molar-refractivity contribution in [1.29, 1.82) is 0 Å². The summed E-state index contributed by atoms with van der Waals surface area (Å²) in [6, 6.07) is 16.3. The molecule has 0 fully saturated rings. The van der Waals surface area contributed by atoms with Crippen LogP contribution < -0.4 is 21.3 Å². The number of hydrogen-bond acceptors (Lipinski definition) is 7. The van der Waals surface area contributed by atoms with E-state index in [1.165, 1.54) is 23.4 Å². The summed E-state index contributed by atoms with van der Waals surface area (Å²) < 4.78 is 7.12. The van der Waals surface area contributed by atoms with E-state index in [2.05, 4.69) is 32.4 Å². The predicted molar refractivity (Wildman–Crippen MR) is 134 cm³/mol. The van der Waals surface area contributed by atoms with E-state index in [0.29, 0.717) is 22.4 Å². The first-order valence-corrected chi connectivity index (χ1v) is 11.9. The van der Waals surface area contributed by atoms with Crippen molar-refractivity contribution in [1.82, 2.24) is 24.7 Å². The molecule has 0 aliphatic heterocycles. The minimum absolute atomic E-state index is 0.111. The average Bonchev–Trinajstić information content (AvgIpc) is 3.24. The summed E-state index contributed by atoms with van der Waals surface area (Å²) in [5.74, 6) is 1.05. The topological polar surface area (TPSA) is 135 Å². The third-order valence-electron chi connectivity index (χ3n) is 5.15. The predicted octanol–water partition coefficient (Wildman–Crippen LogP) is 2.54. The van der Waals surface area contributed by atoms with Gasteiger partial charge in [-0.1, -0.05) is 36.9 Å². The minimum Gasteiger partial charge on any atom is -0.497 e. The molecule has 0 aliphatic carbocycles. The molecule has 0 unspecified atom stereocenters. The molecule has 0 spiro atoms. The van der Waals surface area contributed by atoms with Gasteiger partial charge in [-0.05, 0) is 36.2 Å². The summed E-state index contributed by atoms with van der Waals surface area (Å²) in [7, 11) is 1.57. The van der Waals surface area contributed by atoms with Crippen molar-refractivity contribution in [3.05, 3.63) is 92.5 Å². The number of thioether (sulfide) groups is 1. The molecule has 2 heterocycles. The number of aryl methyl sites for hydroxylation is 1. The molecule has 0 radical (unpaired) electrons. The first kappa shape index (κ1) is 24.0. The van der Waals surface area contributed by atoms with Crippen LogP contribution in [0.1, 0.15) is 24.0 Å². The van der Waals surface area contributed by atoms with Crippen LogP contribution in [0.5, 0.6) is 5.75 Å². The van der Waals surface area contributed by atoms with Crippen LogP contribution in [0.4, 0.5) is 5.69 Å². The van der Waals surface area contributed by atoms with E-state index in [9.17, 15) is 14.4 Å². The van der Waals surface area contributed by atoms with Gasteiger partial charge >= 0.3 is 5.69 Å². The maximum absolute atomic E-state index is 12.6. The number of amides is 1. The molecule has 3 N–H and O–H groups in total. The van der Waals surface area contributed by atoms with Gasteiger partial charge in [-0.2, -0.15) is 0 Å². The zero-order valence-corrected chi connectivity index (χ0v) is 20.0. The summed E-state index contributed by atoms with van der Waals surface area (Å²) in [6.45, 7) is 2.07. The Balaban J connectivity index is 1.58. The smallest absolute Gasteiger partial charge is 0.325 e. The number of hydrogen-bond donors (Lipinski definition) is 3. The molecule has 35 heavy (non-hydrogen) atoms. The Morgan fingerprint density at radius 2 is 1.89 bits per heavy atom. The Bertz CT molecular complexity index is 1410. The first-order valence-electron chi connectivity index (χ1n) is 10.9. The van der Waals surface area contributed by atoms with E-state index in [1.54, 1.807) is 11.7 Å². The first-order chi connectivity index (χ1) is 16.9. The zero-order chi connectivity index (χ0) is 24.8. The number of ether oxygens (including phenoxy) is 1. The van der Waals surface area contributed by atoms with E-state index >= 15 is 0 Å². The minimum atomic E-state index is -0.599. The summed E-state index contributed by atoms with van der Waals surface area (Å²) in [5.41, 5.74) is 1.92. The molecule has 0 atom stereocenters. The average molecular weight is 493 g/mol. The van der Waals surface area contributed by atoms with Gasteiger partial charge in [-0.15, -0.1) is 10.2 Å². The van der Waals surface area contributed by atoms with Gasteiger partial charge in [0.1, 0.15) is 11.6 Å². The normalized spacial score (nSPS) is 10.8. The third-order valence-corrected chi connectivity index (χ3v) is 6.08. The molecule has 0 aliphatic rings. The van der Waals surface area contributed by atoms with Crippen LogP contribution in [-0.2, 0) is 17.6 Å². The van der Waals surface area contributed by atoms with Gasteiger partial charge in [0, 0.05) is 29.9 Å². The van der Waals surface area contributed by atoms with E-state index in [4.69, 9.17) is 4.74 Å². The van der Waals surface area contributed by atoms with Gasteiger partial charge in [0.2, 0.25) is 5.91 Å². The van der Waals surface area contributed by atoms with Crippen LogP contribution in [0.15, 0.2) is 69.3 Å². The largest absolute Gasteiger partial charge is 0.497 e. The standard InChI is InChI=1S/C24H24N6O4S/c1-3-15-7-9-16(10-8-15)25-22(32)14-35-24-29-28-20(11-17-12-21(31)27-23(33)26-17)30(24)18-5-4-6-19(13-18)34-2/h4-10,12-13H,3,11,14H2,1-2H3,(H,25,32)(H2,26,27,31,33). The van der Waals surface area contributed by atoms with E-state index in [1.807, 2.05) is 48.5 Å². The van der Waals surface area contributed by atoms with Gasteiger partial charge in [0.25, 0.3) is 5.56 Å². The molecule has 1 amide bonds. The van der Waals surface area contributed by atoms with Gasteiger partial charge in [0.15, 0.2) is 5.16 Å². The Labute approximate surface area is 204 Å². The molecular formula is C24H24N6O4S. The maximum atomic E-state index is 12.6. The summed E-state index contributed by atoms with van der Waals surface area (Å²) in [4.78, 5) is 40.7. The van der Waals surface area contributed by atoms with E-state index < -0.39 is 11.2 Å². The summed E-state index contributed by atoms with van der Waals surface area (Å²) >= 11 is 1.22. The third kappa shape index (κ3) is 6.07. The summed E-state index contributed by atoms with van der Waals surface area (Å²) in [6.07, 6.45) is 1.08. The highest BCUT2D eigenvalue weighted by Crippen LogP contribution is 2.25. The number of aromatic amines is 2. The maximum Gasteiger partial charge on any atom is 0.325 e. The zero-order valence-electron chi connectivity index (χ0n) is 19.2. The lowest BCUT2D eigenvalue weighted by atomic mass is 10.1. The van der Waals surface area contributed by atoms with Gasteiger partial charge in [-0.25, -0.2) is 4.79 Å². The van der Waals surface area contributed by atoms with Gasteiger partial charge in [-0.3, -0.25) is 19.1 Å². The molecule has 180 valence electrons. The number of anilines is 1. The van der Waals surface area contributed by atoms with Crippen LogP contribution in [0.3, 0.4) is 0 Å². The lowest BCUT2D eigenvalue weighted by molar-refractivity contribution is -0.113. The number of H-pyrrole nitrogens is 2. The van der Waals surface area contributed by atoms with Crippen LogP contribution >= 0.6 is 11.8 Å². The van der Waals surface area contributed by atoms with Crippen molar-refractivity contribution in [2.45, 2.75) is 24.9 Å². The van der Waals surface area contributed by atoms with Crippen LogP contribution in [0, 0.1) is 0 Å². The van der Waals surface area contributed by atoms with Crippen molar-refractivity contribution in [3.63, 3.8) is 0 Å². The number of aromatic nitrogens is 5. The second-order valence-electron chi connectivity index (χ2n) is 7.61. The van der Waals surface area contributed by atoms with E-state index in [0.717, 1.165) is 17.8 Å². The van der Waals surface area contributed by atoms with Gasteiger partial charge < -0.3 is 15.0 Å². The second-order valence-corrected chi connectivity index (χ2v) is 8.56. The molecule has 0 bridgehead atoms. The number of benzene rings is 2. The number of nitrogens with one attached hydrogen (secondary N) is 3. The highest BCUT2D eigenvalue weighted by Gasteiger charge is 2.17. The molecule has 10 nitrogen and oxygen atoms in total. The molecule has 0 saturated heterocycles. The Kier molecular flexibility index (Phi) is 7.46.